The predicted molar refractivity (Wildman–Crippen MR) is 92.2 cm³/mol. The number of nitrogens with zero attached hydrogens (tertiary/aromatic N) is 1. The van der Waals surface area contributed by atoms with Crippen molar-refractivity contribution < 1.29 is 24.0 Å². The molecule has 0 heterocycles. The Labute approximate surface area is 147 Å². The average Bonchev–Trinajstić information content (AvgIpc) is 2.49. The summed E-state index contributed by atoms with van der Waals surface area (Å²) in [4.78, 5) is 35.7. The van der Waals surface area contributed by atoms with E-state index in [1.54, 1.807) is 45.0 Å². The molecule has 1 rings (SSSR count). The van der Waals surface area contributed by atoms with Crippen LogP contribution in [0, 0.1) is 16.0 Å². The third kappa shape index (κ3) is 5.55. The summed E-state index contributed by atoms with van der Waals surface area (Å²) in [6.07, 6.45) is 0. The van der Waals surface area contributed by atoms with E-state index in [0.29, 0.717) is 11.3 Å². The summed E-state index contributed by atoms with van der Waals surface area (Å²) in [5.74, 6) is -2.84. The molecule has 7 heteroatoms. The molecule has 3 atom stereocenters. The van der Waals surface area contributed by atoms with E-state index in [1.165, 1.54) is 21.0 Å². The minimum absolute atomic E-state index is 0.469. The van der Waals surface area contributed by atoms with Gasteiger partial charge in [0.05, 0.1) is 13.0 Å². The Morgan fingerprint density at radius 2 is 1.68 bits per heavy atom. The van der Waals surface area contributed by atoms with Crippen LogP contribution in [-0.2, 0) is 14.3 Å². The van der Waals surface area contributed by atoms with Crippen molar-refractivity contribution >= 4 is 11.8 Å². The second kappa shape index (κ2) is 8.09. The first-order valence-corrected chi connectivity index (χ1v) is 7.98. The van der Waals surface area contributed by atoms with Crippen LogP contribution < -0.4 is 4.74 Å². The molecule has 0 aromatic heterocycles. The monoisotopic (exact) mass is 351 g/mol. The molecule has 0 aliphatic rings. The summed E-state index contributed by atoms with van der Waals surface area (Å²) in [5.41, 5.74) is -0.288. The van der Waals surface area contributed by atoms with Gasteiger partial charge < -0.3 is 9.47 Å². The maximum Gasteiger partial charge on any atom is 0.317 e. The molecule has 1 aromatic carbocycles. The fourth-order valence-electron chi connectivity index (χ4n) is 2.64. The van der Waals surface area contributed by atoms with Crippen LogP contribution >= 0.6 is 0 Å². The maximum absolute atomic E-state index is 12.6. The van der Waals surface area contributed by atoms with Crippen molar-refractivity contribution in [1.82, 2.24) is 0 Å². The van der Waals surface area contributed by atoms with Gasteiger partial charge in [0, 0.05) is 11.8 Å². The zero-order valence-electron chi connectivity index (χ0n) is 15.4. The highest BCUT2D eigenvalue weighted by molar-refractivity contribution is 5.99. The summed E-state index contributed by atoms with van der Waals surface area (Å²) in [6.45, 7) is 7.68. The molecule has 0 saturated carbocycles. The summed E-state index contributed by atoms with van der Waals surface area (Å²) in [7, 11) is 1.51. The van der Waals surface area contributed by atoms with Crippen LogP contribution in [0.5, 0.6) is 5.75 Å². The molecule has 0 radical (unpaired) electrons. The van der Waals surface area contributed by atoms with E-state index < -0.39 is 40.2 Å². The van der Waals surface area contributed by atoms with Gasteiger partial charge >= 0.3 is 5.97 Å². The highest BCUT2D eigenvalue weighted by Gasteiger charge is 2.44. The van der Waals surface area contributed by atoms with E-state index in [-0.39, 0.29) is 0 Å². The van der Waals surface area contributed by atoms with Gasteiger partial charge in [-0.2, -0.15) is 0 Å². The average molecular weight is 351 g/mol. The van der Waals surface area contributed by atoms with Crippen molar-refractivity contribution in [2.75, 3.05) is 7.11 Å². The topological polar surface area (TPSA) is 95.7 Å². The van der Waals surface area contributed by atoms with Crippen molar-refractivity contribution in [3.63, 3.8) is 0 Å². The quantitative estimate of drug-likeness (QED) is 0.324. The Balaban J connectivity index is 3.37. The number of methoxy groups -OCH3 is 1. The van der Waals surface area contributed by atoms with Gasteiger partial charge in [0.2, 0.25) is 6.04 Å². The molecule has 0 amide bonds. The number of nitro groups is 1. The summed E-state index contributed by atoms with van der Waals surface area (Å²) >= 11 is 0. The number of benzene rings is 1. The fourth-order valence-corrected chi connectivity index (χ4v) is 2.64. The molecule has 0 aliphatic carbocycles. The first kappa shape index (κ1) is 20.6. The Kier molecular flexibility index (Phi) is 6.67. The Hall–Kier alpha value is -2.44. The van der Waals surface area contributed by atoms with E-state index in [0.717, 1.165) is 0 Å². The molecule has 0 aliphatic heterocycles. The third-order valence-corrected chi connectivity index (χ3v) is 3.81. The lowest BCUT2D eigenvalue weighted by molar-refractivity contribution is -0.523. The lowest BCUT2D eigenvalue weighted by atomic mass is 9.79. The lowest BCUT2D eigenvalue weighted by Gasteiger charge is -2.28. The van der Waals surface area contributed by atoms with Crippen LogP contribution in [0.25, 0.3) is 0 Å². The van der Waals surface area contributed by atoms with Gasteiger partial charge in [-0.05, 0) is 45.4 Å². The van der Waals surface area contributed by atoms with Gasteiger partial charge in [0.1, 0.15) is 23.1 Å². The first-order chi connectivity index (χ1) is 11.5. The molecular formula is C18H25NO6. The van der Waals surface area contributed by atoms with Crippen molar-refractivity contribution in [3.8, 4) is 5.75 Å². The van der Waals surface area contributed by atoms with Gasteiger partial charge in [-0.1, -0.05) is 12.1 Å². The van der Waals surface area contributed by atoms with Crippen LogP contribution in [0.4, 0.5) is 0 Å². The number of Topliss-reactive ketones (excluding diaryl/α,β-unsaturated/α-hetero) is 1. The van der Waals surface area contributed by atoms with Crippen LogP contribution in [0.15, 0.2) is 24.3 Å². The van der Waals surface area contributed by atoms with E-state index in [9.17, 15) is 19.7 Å². The number of esters is 1. The number of rotatable bonds is 7. The molecule has 0 saturated heterocycles. The van der Waals surface area contributed by atoms with Gasteiger partial charge in [0.25, 0.3) is 0 Å². The van der Waals surface area contributed by atoms with E-state index in [1.807, 2.05) is 0 Å². The predicted octanol–water partition coefficient (Wildman–Crippen LogP) is 2.99. The molecule has 0 fully saturated rings. The van der Waals surface area contributed by atoms with Gasteiger partial charge in [0.15, 0.2) is 0 Å². The van der Waals surface area contributed by atoms with Gasteiger partial charge in [-0.25, -0.2) is 0 Å². The molecular weight excluding hydrogens is 326 g/mol. The summed E-state index contributed by atoms with van der Waals surface area (Å²) in [6, 6.07) is 5.39. The zero-order chi connectivity index (χ0) is 19.4. The number of ether oxygens (including phenoxy) is 2. The molecule has 138 valence electrons. The first-order valence-electron chi connectivity index (χ1n) is 7.98. The number of hydrogen-bond donors (Lipinski definition) is 0. The zero-order valence-corrected chi connectivity index (χ0v) is 15.4. The van der Waals surface area contributed by atoms with E-state index in [2.05, 4.69) is 0 Å². The highest BCUT2D eigenvalue weighted by Crippen LogP contribution is 2.33. The number of hydrogen-bond acceptors (Lipinski definition) is 6. The third-order valence-electron chi connectivity index (χ3n) is 3.81. The van der Waals surface area contributed by atoms with Crippen molar-refractivity contribution in [1.29, 1.82) is 0 Å². The molecule has 7 nitrogen and oxygen atoms in total. The molecule has 1 aromatic rings. The Morgan fingerprint density at radius 3 is 2.04 bits per heavy atom. The number of ketones is 1. The lowest BCUT2D eigenvalue weighted by Crippen LogP contribution is -2.41. The Morgan fingerprint density at radius 1 is 1.16 bits per heavy atom. The van der Waals surface area contributed by atoms with E-state index >= 15 is 0 Å². The summed E-state index contributed by atoms with van der Waals surface area (Å²) < 4.78 is 10.4. The van der Waals surface area contributed by atoms with Gasteiger partial charge in [-0.3, -0.25) is 19.7 Å². The number of carbonyl (C=O) groups is 2. The van der Waals surface area contributed by atoms with Crippen LogP contribution in [0.1, 0.15) is 46.1 Å². The van der Waals surface area contributed by atoms with Crippen molar-refractivity contribution in [2.45, 2.75) is 52.2 Å². The SMILES string of the molecule is COc1ccc([C@@H]([C@@H](C(C)=O)C(=O)OC(C)(C)C)[C@H](C)[N+](=O)[O-])cc1. The fraction of sp³-hybridized carbons (Fsp3) is 0.556. The van der Waals surface area contributed by atoms with Crippen molar-refractivity contribution in [2.24, 2.45) is 5.92 Å². The minimum Gasteiger partial charge on any atom is -0.497 e. The summed E-state index contributed by atoms with van der Waals surface area (Å²) in [5, 5.41) is 11.4. The molecule has 0 spiro atoms. The smallest absolute Gasteiger partial charge is 0.317 e. The molecule has 0 bridgehead atoms. The van der Waals surface area contributed by atoms with Crippen LogP contribution in [0.2, 0.25) is 0 Å². The standard InChI is InChI=1S/C18H25NO6/c1-11(19(22)23)15(13-7-9-14(24-6)10-8-13)16(12(2)20)17(21)25-18(3,4)5/h7-11,15-16H,1-6H3/t11-,15-,16+/m0/s1. The largest absolute Gasteiger partial charge is 0.497 e. The van der Waals surface area contributed by atoms with Crippen molar-refractivity contribution in [3.05, 3.63) is 39.9 Å². The van der Waals surface area contributed by atoms with Gasteiger partial charge in [-0.15, -0.1) is 0 Å². The van der Waals surface area contributed by atoms with Crippen LogP contribution in [0.3, 0.4) is 0 Å². The molecule has 0 N–H and O–H groups in total. The highest BCUT2D eigenvalue weighted by atomic mass is 16.6. The second-order valence-corrected chi connectivity index (χ2v) is 6.95. The molecule has 0 unspecified atom stereocenters. The minimum atomic E-state index is -1.26. The maximum atomic E-state index is 12.6. The Bertz CT molecular complexity index is 632. The normalized spacial score (nSPS) is 15.0. The molecule has 25 heavy (non-hydrogen) atoms. The number of carbonyl (C=O) groups excluding carboxylic acids is 2. The second-order valence-electron chi connectivity index (χ2n) is 6.95. The van der Waals surface area contributed by atoms with Crippen LogP contribution in [-0.4, -0.2) is 35.4 Å². The van der Waals surface area contributed by atoms with E-state index in [4.69, 9.17) is 9.47 Å².